The van der Waals surface area contributed by atoms with E-state index in [0.717, 1.165) is 0 Å². The largest absolute Gasteiger partial charge is 0.481 e. The van der Waals surface area contributed by atoms with Gasteiger partial charge in [-0.25, -0.2) is 8.42 Å². The minimum absolute atomic E-state index is 0.0106. The predicted octanol–water partition coefficient (Wildman–Crippen LogP) is 0.523. The maximum atomic E-state index is 12.0. The number of carboxylic acids is 1. The molecule has 0 aromatic rings. The minimum atomic E-state index is -3.38. The third-order valence-electron chi connectivity index (χ3n) is 3.48. The Morgan fingerprint density at radius 2 is 2.00 bits per heavy atom. The zero-order valence-corrected chi connectivity index (χ0v) is 12.1. The van der Waals surface area contributed by atoms with Crippen LogP contribution in [-0.4, -0.2) is 54.4 Å². The lowest BCUT2D eigenvalue weighted by Crippen LogP contribution is -2.50. The first kappa shape index (κ1) is 15.9. The number of hydrogen-bond donors (Lipinski definition) is 1. The van der Waals surface area contributed by atoms with Crippen molar-refractivity contribution in [3.63, 3.8) is 0 Å². The maximum absolute atomic E-state index is 12.0. The molecule has 19 heavy (non-hydrogen) atoms. The number of piperidine rings is 1. The van der Waals surface area contributed by atoms with Crippen molar-refractivity contribution >= 4 is 21.7 Å². The molecule has 110 valence electrons. The van der Waals surface area contributed by atoms with Crippen molar-refractivity contribution in [1.82, 2.24) is 4.90 Å². The van der Waals surface area contributed by atoms with Crippen molar-refractivity contribution in [2.45, 2.75) is 39.2 Å². The van der Waals surface area contributed by atoms with Crippen LogP contribution < -0.4 is 0 Å². The van der Waals surface area contributed by atoms with Gasteiger partial charge < -0.3 is 10.0 Å². The topological polar surface area (TPSA) is 91.8 Å². The maximum Gasteiger partial charge on any atom is 0.308 e. The molecule has 0 bridgehead atoms. The van der Waals surface area contributed by atoms with Crippen molar-refractivity contribution in [3.8, 4) is 0 Å². The number of carbonyl (C=O) groups excluding carboxylic acids is 1. The van der Waals surface area contributed by atoms with Gasteiger partial charge in [-0.3, -0.25) is 9.59 Å². The van der Waals surface area contributed by atoms with Crippen molar-refractivity contribution in [3.05, 3.63) is 0 Å². The molecular weight excluding hydrogens is 270 g/mol. The third kappa shape index (κ3) is 4.19. The van der Waals surface area contributed by atoms with Crippen molar-refractivity contribution in [2.24, 2.45) is 5.92 Å². The van der Waals surface area contributed by atoms with Crippen molar-refractivity contribution < 1.29 is 23.1 Å². The van der Waals surface area contributed by atoms with Crippen LogP contribution in [0.4, 0.5) is 0 Å². The standard InChI is InChI=1S/C12H21NO5S/c1-3-7-19(17,18)8-11(14)13-6-4-5-10(9(13)2)12(15)16/h9-10H,3-8H2,1-2H3,(H,15,16)/t9-,10-/m0/s1. The van der Waals surface area contributed by atoms with Gasteiger partial charge in [-0.2, -0.15) is 0 Å². The van der Waals surface area contributed by atoms with Gasteiger partial charge in [-0.05, 0) is 26.2 Å². The summed E-state index contributed by atoms with van der Waals surface area (Å²) < 4.78 is 23.3. The lowest BCUT2D eigenvalue weighted by molar-refractivity contribution is -0.148. The summed E-state index contributed by atoms with van der Waals surface area (Å²) in [7, 11) is -3.38. The van der Waals surface area contributed by atoms with E-state index in [1.54, 1.807) is 13.8 Å². The fourth-order valence-electron chi connectivity index (χ4n) is 2.48. The SMILES string of the molecule is CCCS(=O)(=O)CC(=O)N1CCC[C@H](C(=O)O)[C@@H]1C. The summed E-state index contributed by atoms with van der Waals surface area (Å²) >= 11 is 0. The second kappa shape index (κ2) is 6.36. The van der Waals surface area contributed by atoms with E-state index in [1.807, 2.05) is 0 Å². The molecule has 1 rings (SSSR count). The van der Waals surface area contributed by atoms with Crippen molar-refractivity contribution in [2.75, 3.05) is 18.1 Å². The van der Waals surface area contributed by atoms with Crippen molar-refractivity contribution in [1.29, 1.82) is 0 Å². The Bertz CT molecular complexity index is 445. The Kier molecular flexibility index (Phi) is 5.34. The number of carboxylic acid groups (broad SMARTS) is 1. The molecule has 1 aliphatic rings. The molecule has 0 radical (unpaired) electrons. The summed E-state index contributed by atoms with van der Waals surface area (Å²) in [5, 5.41) is 9.07. The quantitative estimate of drug-likeness (QED) is 0.797. The number of carbonyl (C=O) groups is 2. The predicted molar refractivity (Wildman–Crippen MR) is 70.5 cm³/mol. The molecule has 0 spiro atoms. The molecule has 1 fully saturated rings. The molecule has 1 amide bonds. The molecular formula is C12H21NO5S. The van der Waals surface area contributed by atoms with Gasteiger partial charge in [0.15, 0.2) is 9.84 Å². The van der Waals surface area contributed by atoms with E-state index >= 15 is 0 Å². The second-order valence-corrected chi connectivity index (χ2v) is 7.19. The molecule has 0 aromatic carbocycles. The first-order chi connectivity index (χ1) is 8.78. The van der Waals surface area contributed by atoms with Crippen LogP contribution in [-0.2, 0) is 19.4 Å². The van der Waals surface area contributed by atoms with Crippen LogP contribution in [0.3, 0.4) is 0 Å². The highest BCUT2D eigenvalue weighted by Gasteiger charge is 2.36. The van der Waals surface area contributed by atoms with Gasteiger partial charge in [0, 0.05) is 12.6 Å². The van der Waals surface area contributed by atoms with E-state index in [0.29, 0.717) is 25.8 Å². The average Bonchev–Trinajstić information content (AvgIpc) is 2.27. The molecule has 1 heterocycles. The van der Waals surface area contributed by atoms with Gasteiger partial charge in [0.25, 0.3) is 0 Å². The van der Waals surface area contributed by atoms with E-state index < -0.39 is 39.4 Å². The molecule has 1 N–H and O–H groups in total. The molecule has 1 saturated heterocycles. The summed E-state index contributed by atoms with van der Waals surface area (Å²) in [4.78, 5) is 24.5. The number of aliphatic carboxylic acids is 1. The Hall–Kier alpha value is -1.11. The molecule has 0 aromatic heterocycles. The molecule has 6 nitrogen and oxygen atoms in total. The van der Waals surface area contributed by atoms with Gasteiger partial charge >= 0.3 is 5.97 Å². The highest BCUT2D eigenvalue weighted by molar-refractivity contribution is 7.92. The highest BCUT2D eigenvalue weighted by Crippen LogP contribution is 2.24. The van der Waals surface area contributed by atoms with E-state index in [-0.39, 0.29) is 5.75 Å². The van der Waals surface area contributed by atoms with Gasteiger partial charge in [-0.15, -0.1) is 0 Å². The first-order valence-corrected chi connectivity index (χ1v) is 8.33. The van der Waals surface area contributed by atoms with Gasteiger partial charge in [0.2, 0.25) is 5.91 Å². The minimum Gasteiger partial charge on any atom is -0.481 e. The zero-order chi connectivity index (χ0) is 14.6. The molecule has 0 aliphatic carbocycles. The summed E-state index contributed by atoms with van der Waals surface area (Å²) in [6.07, 6.45) is 1.60. The summed E-state index contributed by atoms with van der Waals surface area (Å²) in [6.45, 7) is 3.85. The van der Waals surface area contributed by atoms with Crippen LogP contribution >= 0.6 is 0 Å². The van der Waals surface area contributed by atoms with E-state index in [9.17, 15) is 18.0 Å². The third-order valence-corrected chi connectivity index (χ3v) is 5.20. The normalized spacial score (nSPS) is 24.2. The summed E-state index contributed by atoms with van der Waals surface area (Å²) in [5.41, 5.74) is 0. The molecule has 1 aliphatic heterocycles. The van der Waals surface area contributed by atoms with Crippen LogP contribution in [0.25, 0.3) is 0 Å². The Balaban J connectivity index is 2.74. The van der Waals surface area contributed by atoms with Crippen LogP contribution in [0.15, 0.2) is 0 Å². The summed E-state index contributed by atoms with van der Waals surface area (Å²) in [5.74, 6) is -2.54. The van der Waals surface area contributed by atoms with Crippen LogP contribution in [0.2, 0.25) is 0 Å². The molecule has 0 unspecified atom stereocenters. The lowest BCUT2D eigenvalue weighted by atomic mass is 9.90. The fraction of sp³-hybridized carbons (Fsp3) is 0.833. The molecule has 7 heteroatoms. The first-order valence-electron chi connectivity index (χ1n) is 6.51. The van der Waals surface area contributed by atoms with Gasteiger partial charge in [-0.1, -0.05) is 6.92 Å². The van der Waals surface area contributed by atoms with E-state index in [1.165, 1.54) is 4.90 Å². The zero-order valence-electron chi connectivity index (χ0n) is 11.3. The Morgan fingerprint density at radius 3 is 2.53 bits per heavy atom. The fourth-order valence-corrected chi connectivity index (χ4v) is 3.79. The monoisotopic (exact) mass is 291 g/mol. The Morgan fingerprint density at radius 1 is 1.37 bits per heavy atom. The number of rotatable bonds is 5. The number of hydrogen-bond acceptors (Lipinski definition) is 4. The highest BCUT2D eigenvalue weighted by atomic mass is 32.2. The molecule has 2 atom stereocenters. The number of sulfone groups is 1. The van der Waals surface area contributed by atoms with Crippen LogP contribution in [0.5, 0.6) is 0 Å². The lowest BCUT2D eigenvalue weighted by Gasteiger charge is -2.37. The van der Waals surface area contributed by atoms with Crippen LogP contribution in [0, 0.1) is 5.92 Å². The molecule has 0 saturated carbocycles. The Labute approximate surface area is 113 Å². The number of nitrogens with zero attached hydrogens (tertiary/aromatic N) is 1. The van der Waals surface area contributed by atoms with E-state index in [4.69, 9.17) is 5.11 Å². The average molecular weight is 291 g/mol. The van der Waals surface area contributed by atoms with Crippen LogP contribution in [0.1, 0.15) is 33.1 Å². The second-order valence-electron chi connectivity index (χ2n) is 5.01. The smallest absolute Gasteiger partial charge is 0.308 e. The number of amides is 1. The van der Waals surface area contributed by atoms with Gasteiger partial charge in [0.1, 0.15) is 5.75 Å². The van der Waals surface area contributed by atoms with Gasteiger partial charge in [0.05, 0.1) is 11.7 Å². The summed E-state index contributed by atoms with van der Waals surface area (Å²) in [6, 6.07) is -0.449. The van der Waals surface area contributed by atoms with E-state index in [2.05, 4.69) is 0 Å². The number of likely N-dealkylation sites (tertiary alicyclic amines) is 1.